The second-order valence-electron chi connectivity index (χ2n) is 3.00. The van der Waals surface area contributed by atoms with Crippen LogP contribution in [0, 0.1) is 5.82 Å². The maximum Gasteiger partial charge on any atom is 0.336 e. The SMILES string of the molecule is NC[C@@H](N)c1c(C(=O)O)ccc(F)c1O. The van der Waals surface area contributed by atoms with E-state index in [-0.39, 0.29) is 17.7 Å². The second kappa shape index (κ2) is 4.24. The van der Waals surface area contributed by atoms with Crippen molar-refractivity contribution in [2.75, 3.05) is 6.54 Å². The molecule has 0 bridgehead atoms. The number of phenolic OH excluding ortho intramolecular Hbond substituents is 1. The predicted octanol–water partition coefficient (Wildman–Crippen LogP) is 0.188. The lowest BCUT2D eigenvalue weighted by Crippen LogP contribution is -2.23. The minimum atomic E-state index is -1.29. The van der Waals surface area contributed by atoms with Crippen LogP contribution in [0.2, 0.25) is 0 Å². The molecule has 0 heterocycles. The van der Waals surface area contributed by atoms with Crippen LogP contribution in [0.25, 0.3) is 0 Å². The highest BCUT2D eigenvalue weighted by molar-refractivity contribution is 5.90. The van der Waals surface area contributed by atoms with Crippen molar-refractivity contribution in [3.05, 3.63) is 29.1 Å². The fourth-order valence-electron chi connectivity index (χ4n) is 1.26. The molecule has 0 saturated heterocycles. The van der Waals surface area contributed by atoms with Gasteiger partial charge in [0.15, 0.2) is 11.6 Å². The number of hydrogen-bond acceptors (Lipinski definition) is 4. The Bertz CT molecular complexity index is 395. The molecule has 0 amide bonds. The highest BCUT2D eigenvalue weighted by Crippen LogP contribution is 2.29. The maximum absolute atomic E-state index is 13.0. The van der Waals surface area contributed by atoms with Crippen molar-refractivity contribution in [1.82, 2.24) is 0 Å². The van der Waals surface area contributed by atoms with Crippen molar-refractivity contribution in [2.24, 2.45) is 11.5 Å². The average molecular weight is 214 g/mol. The number of carboxylic acids is 1. The van der Waals surface area contributed by atoms with Gasteiger partial charge in [0.25, 0.3) is 0 Å². The van der Waals surface area contributed by atoms with Gasteiger partial charge < -0.3 is 21.7 Å². The molecule has 1 atom stereocenters. The van der Waals surface area contributed by atoms with Gasteiger partial charge in [-0.3, -0.25) is 0 Å². The summed E-state index contributed by atoms with van der Waals surface area (Å²) in [6.45, 7) is -0.0860. The fraction of sp³-hybridized carbons (Fsp3) is 0.222. The molecule has 6 N–H and O–H groups in total. The molecule has 1 rings (SSSR count). The lowest BCUT2D eigenvalue weighted by Gasteiger charge is -2.14. The van der Waals surface area contributed by atoms with E-state index in [1.165, 1.54) is 0 Å². The molecule has 1 aromatic carbocycles. The Morgan fingerprint density at radius 1 is 1.53 bits per heavy atom. The molecular formula is C9H11FN2O3. The number of aromatic carboxylic acids is 1. The molecule has 5 nitrogen and oxygen atoms in total. The second-order valence-corrected chi connectivity index (χ2v) is 3.00. The molecule has 0 spiro atoms. The van der Waals surface area contributed by atoms with E-state index in [4.69, 9.17) is 16.6 Å². The van der Waals surface area contributed by atoms with Crippen LogP contribution < -0.4 is 11.5 Å². The molecule has 0 unspecified atom stereocenters. The Balaban J connectivity index is 3.41. The van der Waals surface area contributed by atoms with Crippen LogP contribution in [0.5, 0.6) is 5.75 Å². The van der Waals surface area contributed by atoms with E-state index < -0.39 is 23.6 Å². The number of carboxylic acid groups (broad SMARTS) is 1. The monoisotopic (exact) mass is 214 g/mol. The quantitative estimate of drug-likeness (QED) is 0.574. The summed E-state index contributed by atoms with van der Waals surface area (Å²) >= 11 is 0. The topological polar surface area (TPSA) is 110 Å². The Morgan fingerprint density at radius 2 is 2.13 bits per heavy atom. The highest BCUT2D eigenvalue weighted by Gasteiger charge is 2.21. The van der Waals surface area contributed by atoms with E-state index >= 15 is 0 Å². The van der Waals surface area contributed by atoms with Crippen LogP contribution in [0.3, 0.4) is 0 Å². The van der Waals surface area contributed by atoms with Gasteiger partial charge in [-0.1, -0.05) is 0 Å². The Hall–Kier alpha value is -1.66. The number of rotatable bonds is 3. The summed E-state index contributed by atoms with van der Waals surface area (Å²) in [7, 11) is 0. The molecule has 15 heavy (non-hydrogen) atoms. The van der Waals surface area contributed by atoms with Gasteiger partial charge in [0.2, 0.25) is 0 Å². The third-order valence-corrected chi connectivity index (χ3v) is 2.02. The number of hydrogen-bond donors (Lipinski definition) is 4. The van der Waals surface area contributed by atoms with Crippen LogP contribution >= 0.6 is 0 Å². The lowest BCUT2D eigenvalue weighted by atomic mass is 9.99. The van der Waals surface area contributed by atoms with Gasteiger partial charge in [0, 0.05) is 18.2 Å². The van der Waals surface area contributed by atoms with Crippen molar-refractivity contribution >= 4 is 5.97 Å². The first-order valence-electron chi connectivity index (χ1n) is 4.19. The zero-order valence-electron chi connectivity index (χ0n) is 7.77. The first kappa shape index (κ1) is 11.4. The van der Waals surface area contributed by atoms with E-state index in [2.05, 4.69) is 0 Å². The standard InChI is InChI=1S/C9H11FN2O3/c10-5-2-1-4(9(14)15)7(8(5)13)6(12)3-11/h1-2,6,13H,3,11-12H2,(H,14,15)/t6-/m1/s1. The molecule has 82 valence electrons. The molecule has 0 aliphatic heterocycles. The van der Waals surface area contributed by atoms with Crippen molar-refractivity contribution < 1.29 is 19.4 Å². The first-order valence-corrected chi connectivity index (χ1v) is 4.19. The fourth-order valence-corrected chi connectivity index (χ4v) is 1.26. The molecule has 0 aromatic heterocycles. The van der Waals surface area contributed by atoms with Gasteiger partial charge in [0.05, 0.1) is 5.56 Å². The van der Waals surface area contributed by atoms with Crippen molar-refractivity contribution in [1.29, 1.82) is 0 Å². The van der Waals surface area contributed by atoms with Gasteiger partial charge >= 0.3 is 5.97 Å². The maximum atomic E-state index is 13.0. The minimum Gasteiger partial charge on any atom is -0.505 e. The smallest absolute Gasteiger partial charge is 0.336 e. The van der Waals surface area contributed by atoms with E-state index in [9.17, 15) is 14.3 Å². The molecule has 1 aromatic rings. The Labute approximate surface area is 85.1 Å². The normalized spacial score (nSPS) is 12.5. The first-order chi connectivity index (χ1) is 6.99. The van der Waals surface area contributed by atoms with Crippen molar-refractivity contribution in [3.63, 3.8) is 0 Å². The number of halogens is 1. The third-order valence-electron chi connectivity index (χ3n) is 2.02. The summed E-state index contributed by atoms with van der Waals surface area (Å²) < 4.78 is 13.0. The van der Waals surface area contributed by atoms with Gasteiger partial charge in [-0.25, -0.2) is 9.18 Å². The minimum absolute atomic E-state index is 0.0860. The van der Waals surface area contributed by atoms with Crippen LogP contribution in [0.15, 0.2) is 12.1 Å². The summed E-state index contributed by atoms with van der Waals surface area (Å²) in [6, 6.07) is 1.00. The third kappa shape index (κ3) is 2.05. The molecule has 0 radical (unpaired) electrons. The zero-order valence-corrected chi connectivity index (χ0v) is 7.77. The van der Waals surface area contributed by atoms with E-state index in [0.717, 1.165) is 12.1 Å². The highest BCUT2D eigenvalue weighted by atomic mass is 19.1. The van der Waals surface area contributed by atoms with Gasteiger partial charge in [0.1, 0.15) is 0 Å². The summed E-state index contributed by atoms with van der Waals surface area (Å²) in [5.41, 5.74) is 10.3. The van der Waals surface area contributed by atoms with E-state index in [1.54, 1.807) is 0 Å². The molecule has 6 heteroatoms. The van der Waals surface area contributed by atoms with Crippen LogP contribution in [0.1, 0.15) is 22.0 Å². The summed E-state index contributed by atoms with van der Waals surface area (Å²) in [4.78, 5) is 10.8. The lowest BCUT2D eigenvalue weighted by molar-refractivity contribution is 0.0694. The molecular weight excluding hydrogens is 203 g/mol. The number of phenols is 1. The molecule has 0 aliphatic rings. The van der Waals surface area contributed by atoms with Crippen LogP contribution in [-0.2, 0) is 0 Å². The van der Waals surface area contributed by atoms with Crippen molar-refractivity contribution in [3.8, 4) is 5.75 Å². The number of carbonyl (C=O) groups is 1. The Kier molecular flexibility index (Phi) is 3.23. The number of nitrogens with two attached hydrogens (primary N) is 2. The number of aromatic hydroxyl groups is 1. The number of benzene rings is 1. The predicted molar refractivity (Wildman–Crippen MR) is 51.0 cm³/mol. The molecule has 0 aliphatic carbocycles. The van der Waals surface area contributed by atoms with Gasteiger partial charge in [-0.05, 0) is 12.1 Å². The van der Waals surface area contributed by atoms with Crippen LogP contribution in [0.4, 0.5) is 4.39 Å². The zero-order chi connectivity index (χ0) is 11.6. The molecule has 0 fully saturated rings. The molecule has 0 saturated carbocycles. The van der Waals surface area contributed by atoms with Gasteiger partial charge in [-0.2, -0.15) is 0 Å². The van der Waals surface area contributed by atoms with E-state index in [0.29, 0.717) is 0 Å². The summed E-state index contributed by atoms with van der Waals surface area (Å²) in [6.07, 6.45) is 0. The Morgan fingerprint density at radius 3 is 2.60 bits per heavy atom. The van der Waals surface area contributed by atoms with Crippen molar-refractivity contribution in [2.45, 2.75) is 6.04 Å². The largest absolute Gasteiger partial charge is 0.505 e. The van der Waals surface area contributed by atoms with Gasteiger partial charge in [-0.15, -0.1) is 0 Å². The summed E-state index contributed by atoms with van der Waals surface area (Å²) in [5, 5.41) is 18.2. The summed E-state index contributed by atoms with van der Waals surface area (Å²) in [5.74, 6) is -2.96. The van der Waals surface area contributed by atoms with Crippen LogP contribution in [-0.4, -0.2) is 22.7 Å². The van der Waals surface area contributed by atoms with E-state index in [1.807, 2.05) is 0 Å². The average Bonchev–Trinajstić information content (AvgIpc) is 2.20.